The van der Waals surface area contributed by atoms with Gasteiger partial charge in [0.1, 0.15) is 0 Å². The molecule has 0 fully saturated rings. The molecular formula is C13H16O4. The van der Waals surface area contributed by atoms with Crippen LogP contribution in [0.2, 0.25) is 0 Å². The van der Waals surface area contributed by atoms with Gasteiger partial charge in [-0.3, -0.25) is 9.59 Å². The van der Waals surface area contributed by atoms with Gasteiger partial charge in [-0.25, -0.2) is 0 Å². The lowest BCUT2D eigenvalue weighted by Crippen LogP contribution is -2.41. The molecule has 0 aliphatic rings. The van der Waals surface area contributed by atoms with Gasteiger partial charge in [-0.1, -0.05) is 0 Å². The summed E-state index contributed by atoms with van der Waals surface area (Å²) in [7, 11) is 2.41. The van der Waals surface area contributed by atoms with Gasteiger partial charge in [0.05, 0.1) is 14.2 Å². The number of methoxy groups -OCH3 is 2. The summed E-state index contributed by atoms with van der Waals surface area (Å²) >= 11 is 0. The first-order chi connectivity index (χ1) is 8.08. The topological polar surface area (TPSA) is 52.6 Å². The number of hydrogen-bond donors (Lipinski definition) is 0. The summed E-state index contributed by atoms with van der Waals surface area (Å²) in [5, 5.41) is 0. The molecule has 17 heavy (non-hydrogen) atoms. The molecule has 0 rings (SSSR count). The van der Waals surface area contributed by atoms with E-state index in [1.807, 2.05) is 0 Å². The first-order valence-corrected chi connectivity index (χ1v) is 5.12. The Labute approximate surface area is 102 Å². The zero-order chi connectivity index (χ0) is 13.3. The summed E-state index contributed by atoms with van der Waals surface area (Å²) in [4.78, 5) is 23.5. The second-order valence-corrected chi connectivity index (χ2v) is 3.50. The molecule has 0 saturated carbocycles. The molecule has 4 heteroatoms. The maximum atomic E-state index is 11.7. The highest BCUT2D eigenvalue weighted by Crippen LogP contribution is 2.31. The second kappa shape index (κ2) is 7.35. The predicted molar refractivity (Wildman–Crippen MR) is 62.6 cm³/mol. The third-order valence-electron chi connectivity index (χ3n) is 2.48. The third-order valence-corrected chi connectivity index (χ3v) is 2.48. The Balaban J connectivity index is 5.12. The average molecular weight is 236 g/mol. The third kappa shape index (κ3) is 3.53. The molecular weight excluding hydrogens is 220 g/mol. The molecule has 0 aliphatic heterocycles. The van der Waals surface area contributed by atoms with E-state index < -0.39 is 17.4 Å². The van der Waals surface area contributed by atoms with Crippen LogP contribution in [0.4, 0.5) is 0 Å². The molecule has 92 valence electrons. The van der Waals surface area contributed by atoms with Crippen LogP contribution in [0.3, 0.4) is 0 Å². The van der Waals surface area contributed by atoms with Crippen LogP contribution in [0.5, 0.6) is 0 Å². The van der Waals surface area contributed by atoms with Crippen LogP contribution in [0.15, 0.2) is 0 Å². The lowest BCUT2D eigenvalue weighted by Gasteiger charge is -2.25. The average Bonchev–Trinajstić information content (AvgIpc) is 2.35. The lowest BCUT2D eigenvalue weighted by molar-refractivity contribution is -0.169. The second-order valence-electron chi connectivity index (χ2n) is 3.50. The first-order valence-electron chi connectivity index (χ1n) is 5.12. The van der Waals surface area contributed by atoms with E-state index in [1.165, 1.54) is 14.2 Å². The van der Waals surface area contributed by atoms with Crippen LogP contribution in [-0.4, -0.2) is 26.2 Å². The van der Waals surface area contributed by atoms with Crippen LogP contribution in [-0.2, 0) is 19.1 Å². The number of hydrogen-bond acceptors (Lipinski definition) is 4. The van der Waals surface area contributed by atoms with Gasteiger partial charge in [-0.2, -0.15) is 0 Å². The van der Waals surface area contributed by atoms with Crippen molar-refractivity contribution in [2.24, 2.45) is 5.41 Å². The van der Waals surface area contributed by atoms with Gasteiger partial charge < -0.3 is 9.47 Å². The molecule has 0 amide bonds. The van der Waals surface area contributed by atoms with Crippen molar-refractivity contribution in [3.8, 4) is 24.7 Å². The number of rotatable bonds is 6. The molecule has 0 radical (unpaired) electrons. The fourth-order valence-corrected chi connectivity index (χ4v) is 1.58. The Morgan fingerprint density at radius 1 is 1.12 bits per heavy atom. The van der Waals surface area contributed by atoms with Crippen molar-refractivity contribution in [3.63, 3.8) is 0 Å². The lowest BCUT2D eigenvalue weighted by atomic mass is 9.79. The number of unbranched alkanes of at least 4 members (excludes halogenated alkanes) is 1. The number of carbonyl (C=O) groups is 2. The number of terminal acetylenes is 2. The minimum atomic E-state index is -1.44. The quantitative estimate of drug-likeness (QED) is 0.300. The Bertz CT molecular complexity index is 341. The summed E-state index contributed by atoms with van der Waals surface area (Å²) in [6, 6.07) is 0. The van der Waals surface area contributed by atoms with Crippen LogP contribution in [0.25, 0.3) is 0 Å². The minimum Gasteiger partial charge on any atom is -0.468 e. The smallest absolute Gasteiger partial charge is 0.324 e. The Kier molecular flexibility index (Phi) is 6.51. The Morgan fingerprint density at radius 2 is 1.65 bits per heavy atom. The number of ether oxygens (including phenoxy) is 2. The van der Waals surface area contributed by atoms with Crippen molar-refractivity contribution >= 4 is 11.9 Å². The van der Waals surface area contributed by atoms with E-state index in [1.54, 1.807) is 0 Å². The van der Waals surface area contributed by atoms with Crippen molar-refractivity contribution in [3.05, 3.63) is 0 Å². The number of carbonyl (C=O) groups excluding carboxylic acids is 2. The summed E-state index contributed by atoms with van der Waals surface area (Å²) in [5.41, 5.74) is -1.44. The highest BCUT2D eigenvalue weighted by molar-refractivity contribution is 6.00. The SMILES string of the molecule is C#CCCCC(CC#C)(C(=O)OC)C(=O)OC. The maximum Gasteiger partial charge on any atom is 0.324 e. The monoisotopic (exact) mass is 236 g/mol. The molecule has 0 heterocycles. The van der Waals surface area contributed by atoms with Gasteiger partial charge in [0.25, 0.3) is 0 Å². The van der Waals surface area contributed by atoms with Gasteiger partial charge in [0.15, 0.2) is 5.41 Å². The maximum absolute atomic E-state index is 11.7. The summed E-state index contributed by atoms with van der Waals surface area (Å²) in [6.07, 6.45) is 11.4. The van der Waals surface area contributed by atoms with Gasteiger partial charge >= 0.3 is 11.9 Å². The van der Waals surface area contributed by atoms with Crippen molar-refractivity contribution < 1.29 is 19.1 Å². The van der Waals surface area contributed by atoms with E-state index in [9.17, 15) is 9.59 Å². The van der Waals surface area contributed by atoms with Crippen LogP contribution in [0.1, 0.15) is 25.7 Å². The molecule has 0 aromatic carbocycles. The minimum absolute atomic E-state index is 0.0586. The molecule has 0 saturated heterocycles. The molecule has 0 N–H and O–H groups in total. The molecule has 4 nitrogen and oxygen atoms in total. The fourth-order valence-electron chi connectivity index (χ4n) is 1.58. The molecule has 0 unspecified atom stereocenters. The summed E-state index contributed by atoms with van der Waals surface area (Å²) in [6.45, 7) is 0. The van der Waals surface area contributed by atoms with E-state index in [0.29, 0.717) is 12.8 Å². The van der Waals surface area contributed by atoms with E-state index in [2.05, 4.69) is 21.3 Å². The van der Waals surface area contributed by atoms with E-state index in [-0.39, 0.29) is 12.8 Å². The van der Waals surface area contributed by atoms with Crippen molar-refractivity contribution in [2.45, 2.75) is 25.7 Å². The van der Waals surface area contributed by atoms with Gasteiger partial charge in [0, 0.05) is 12.8 Å². The molecule has 0 aliphatic carbocycles. The zero-order valence-corrected chi connectivity index (χ0v) is 10.1. The van der Waals surface area contributed by atoms with E-state index in [0.717, 1.165) is 0 Å². The molecule has 0 spiro atoms. The normalized spacial score (nSPS) is 9.88. The van der Waals surface area contributed by atoms with Gasteiger partial charge in [-0.15, -0.1) is 24.7 Å². The fraction of sp³-hybridized carbons (Fsp3) is 0.538. The Hall–Kier alpha value is -1.94. The zero-order valence-electron chi connectivity index (χ0n) is 10.1. The summed E-state index contributed by atoms with van der Waals surface area (Å²) in [5.74, 6) is 3.39. The standard InChI is InChI=1S/C13H16O4/c1-5-7-8-10-13(9-6-2,11(14)16-3)12(15)17-4/h1-2H,7-10H2,3-4H3. The van der Waals surface area contributed by atoms with E-state index >= 15 is 0 Å². The van der Waals surface area contributed by atoms with Crippen LogP contribution in [0, 0.1) is 30.1 Å². The van der Waals surface area contributed by atoms with Gasteiger partial charge in [-0.05, 0) is 12.8 Å². The molecule has 0 atom stereocenters. The highest BCUT2D eigenvalue weighted by atomic mass is 16.5. The van der Waals surface area contributed by atoms with Crippen molar-refractivity contribution in [1.82, 2.24) is 0 Å². The van der Waals surface area contributed by atoms with Crippen LogP contribution < -0.4 is 0 Å². The first kappa shape index (κ1) is 15.1. The molecule has 0 bridgehead atoms. The largest absolute Gasteiger partial charge is 0.468 e. The highest BCUT2D eigenvalue weighted by Gasteiger charge is 2.47. The van der Waals surface area contributed by atoms with Crippen molar-refractivity contribution in [1.29, 1.82) is 0 Å². The molecule has 0 aromatic heterocycles. The molecule has 0 aromatic rings. The predicted octanol–water partition coefficient (Wildman–Crippen LogP) is 1.15. The van der Waals surface area contributed by atoms with E-state index in [4.69, 9.17) is 12.8 Å². The number of esters is 2. The summed E-state index contributed by atoms with van der Waals surface area (Å²) < 4.78 is 9.27. The van der Waals surface area contributed by atoms with Crippen LogP contribution >= 0.6 is 0 Å². The van der Waals surface area contributed by atoms with Gasteiger partial charge in [0.2, 0.25) is 0 Å². The Morgan fingerprint density at radius 3 is 2.00 bits per heavy atom. The van der Waals surface area contributed by atoms with Crippen molar-refractivity contribution in [2.75, 3.05) is 14.2 Å².